The molecule has 0 saturated heterocycles. The fourth-order valence-corrected chi connectivity index (χ4v) is 2.18. The van der Waals surface area contributed by atoms with Crippen LogP contribution in [0.4, 0.5) is 0 Å². The first kappa shape index (κ1) is 12.1. The van der Waals surface area contributed by atoms with Crippen molar-refractivity contribution in [3.63, 3.8) is 0 Å². The van der Waals surface area contributed by atoms with Gasteiger partial charge in [-0.25, -0.2) is 4.98 Å². The third-order valence-electron chi connectivity index (χ3n) is 2.64. The second kappa shape index (κ2) is 5.80. The first-order chi connectivity index (χ1) is 8.29. The first-order valence-corrected chi connectivity index (χ1v) is 6.43. The molecule has 2 aromatic rings. The Labute approximate surface area is 105 Å². The SMILES string of the molecule is COc1cccc([C@@H](C)NCc2nccs2)c1. The van der Waals surface area contributed by atoms with Gasteiger partial charge in [0.2, 0.25) is 0 Å². The summed E-state index contributed by atoms with van der Waals surface area (Å²) in [6, 6.07) is 8.41. The van der Waals surface area contributed by atoms with Gasteiger partial charge in [-0.1, -0.05) is 12.1 Å². The van der Waals surface area contributed by atoms with Crippen molar-refractivity contribution in [3.8, 4) is 5.75 Å². The number of nitrogens with zero attached hydrogens (tertiary/aromatic N) is 1. The monoisotopic (exact) mass is 248 g/mol. The second-order valence-corrected chi connectivity index (χ2v) is 4.78. The molecule has 0 bridgehead atoms. The summed E-state index contributed by atoms with van der Waals surface area (Å²) in [5.41, 5.74) is 1.22. The van der Waals surface area contributed by atoms with Crippen LogP contribution in [0.1, 0.15) is 23.5 Å². The van der Waals surface area contributed by atoms with Gasteiger partial charge in [-0.15, -0.1) is 11.3 Å². The number of methoxy groups -OCH3 is 1. The van der Waals surface area contributed by atoms with Gasteiger partial charge >= 0.3 is 0 Å². The van der Waals surface area contributed by atoms with Crippen molar-refractivity contribution in [2.24, 2.45) is 0 Å². The molecule has 3 nitrogen and oxygen atoms in total. The molecule has 4 heteroatoms. The van der Waals surface area contributed by atoms with Gasteiger partial charge in [0.15, 0.2) is 0 Å². The molecule has 1 aromatic heterocycles. The molecule has 90 valence electrons. The molecule has 0 amide bonds. The topological polar surface area (TPSA) is 34.1 Å². The molecular formula is C13H16N2OS. The van der Waals surface area contributed by atoms with E-state index >= 15 is 0 Å². The highest BCUT2D eigenvalue weighted by Gasteiger charge is 2.06. The molecule has 1 N–H and O–H groups in total. The minimum atomic E-state index is 0.286. The Kier molecular flexibility index (Phi) is 4.12. The lowest BCUT2D eigenvalue weighted by atomic mass is 10.1. The van der Waals surface area contributed by atoms with E-state index in [1.807, 2.05) is 23.7 Å². The van der Waals surface area contributed by atoms with E-state index in [1.165, 1.54) is 5.56 Å². The van der Waals surface area contributed by atoms with Crippen molar-refractivity contribution in [3.05, 3.63) is 46.4 Å². The van der Waals surface area contributed by atoms with Crippen molar-refractivity contribution in [2.75, 3.05) is 7.11 Å². The summed E-state index contributed by atoms with van der Waals surface area (Å²) >= 11 is 1.67. The van der Waals surface area contributed by atoms with Crippen LogP contribution in [0.3, 0.4) is 0 Å². The Morgan fingerprint density at radius 2 is 2.35 bits per heavy atom. The molecule has 1 aromatic carbocycles. The van der Waals surface area contributed by atoms with Gasteiger partial charge < -0.3 is 10.1 Å². The smallest absolute Gasteiger partial charge is 0.119 e. The maximum Gasteiger partial charge on any atom is 0.119 e. The average Bonchev–Trinajstić information content (AvgIpc) is 2.89. The number of aromatic nitrogens is 1. The summed E-state index contributed by atoms with van der Waals surface area (Å²) in [4.78, 5) is 4.25. The Morgan fingerprint density at radius 1 is 1.47 bits per heavy atom. The van der Waals surface area contributed by atoms with Gasteiger partial charge in [-0.05, 0) is 24.6 Å². The van der Waals surface area contributed by atoms with Gasteiger partial charge in [0.25, 0.3) is 0 Å². The molecule has 0 aliphatic heterocycles. The van der Waals surface area contributed by atoms with Crippen LogP contribution in [0.2, 0.25) is 0 Å². The number of nitrogens with one attached hydrogen (secondary N) is 1. The van der Waals surface area contributed by atoms with Crippen molar-refractivity contribution in [1.29, 1.82) is 0 Å². The summed E-state index contributed by atoms with van der Waals surface area (Å²) in [7, 11) is 1.69. The fourth-order valence-electron chi connectivity index (χ4n) is 1.61. The zero-order chi connectivity index (χ0) is 12.1. The molecule has 1 atom stereocenters. The molecule has 0 fully saturated rings. The molecular weight excluding hydrogens is 232 g/mol. The zero-order valence-electron chi connectivity index (χ0n) is 10.0. The molecule has 17 heavy (non-hydrogen) atoms. The largest absolute Gasteiger partial charge is 0.497 e. The highest BCUT2D eigenvalue weighted by Crippen LogP contribution is 2.19. The quantitative estimate of drug-likeness (QED) is 0.883. The van der Waals surface area contributed by atoms with Gasteiger partial charge in [0.05, 0.1) is 7.11 Å². The lowest BCUT2D eigenvalue weighted by Gasteiger charge is -2.14. The zero-order valence-corrected chi connectivity index (χ0v) is 10.8. The number of ether oxygens (including phenoxy) is 1. The highest BCUT2D eigenvalue weighted by molar-refractivity contribution is 7.09. The van der Waals surface area contributed by atoms with Crippen LogP contribution in [0.5, 0.6) is 5.75 Å². The summed E-state index contributed by atoms with van der Waals surface area (Å²) in [6.07, 6.45) is 1.83. The van der Waals surface area contributed by atoms with E-state index in [1.54, 1.807) is 18.4 Å². The first-order valence-electron chi connectivity index (χ1n) is 5.55. The van der Waals surface area contributed by atoms with E-state index in [0.29, 0.717) is 0 Å². The molecule has 0 unspecified atom stereocenters. The van der Waals surface area contributed by atoms with E-state index in [0.717, 1.165) is 17.3 Å². The minimum absolute atomic E-state index is 0.286. The Balaban J connectivity index is 1.96. The van der Waals surface area contributed by atoms with Gasteiger partial charge in [-0.2, -0.15) is 0 Å². The van der Waals surface area contributed by atoms with Gasteiger partial charge in [-0.3, -0.25) is 0 Å². The third kappa shape index (κ3) is 3.28. The van der Waals surface area contributed by atoms with Gasteiger partial charge in [0, 0.05) is 24.2 Å². The van der Waals surface area contributed by atoms with Gasteiger partial charge in [0.1, 0.15) is 10.8 Å². The van der Waals surface area contributed by atoms with Crippen molar-refractivity contribution >= 4 is 11.3 Å². The van der Waals surface area contributed by atoms with Crippen LogP contribution in [-0.4, -0.2) is 12.1 Å². The maximum atomic E-state index is 5.22. The minimum Gasteiger partial charge on any atom is -0.497 e. The summed E-state index contributed by atoms with van der Waals surface area (Å²) < 4.78 is 5.22. The van der Waals surface area contributed by atoms with E-state index in [2.05, 4.69) is 29.4 Å². The van der Waals surface area contributed by atoms with Crippen LogP contribution in [-0.2, 0) is 6.54 Å². The highest BCUT2D eigenvalue weighted by atomic mass is 32.1. The summed E-state index contributed by atoms with van der Waals surface area (Å²) in [6.45, 7) is 2.94. The average molecular weight is 248 g/mol. The summed E-state index contributed by atoms with van der Waals surface area (Å²) in [5.74, 6) is 0.894. The fraction of sp³-hybridized carbons (Fsp3) is 0.308. The van der Waals surface area contributed by atoms with E-state index in [9.17, 15) is 0 Å². The number of hydrogen-bond acceptors (Lipinski definition) is 4. The lowest BCUT2D eigenvalue weighted by molar-refractivity contribution is 0.413. The Morgan fingerprint density at radius 3 is 3.06 bits per heavy atom. The van der Waals surface area contributed by atoms with Crippen LogP contribution in [0, 0.1) is 0 Å². The standard InChI is InChI=1S/C13H16N2OS/c1-10(15-9-13-14-6-7-17-13)11-4-3-5-12(8-11)16-2/h3-8,10,15H,9H2,1-2H3/t10-/m1/s1. The van der Waals surface area contributed by atoms with Crippen LogP contribution in [0.15, 0.2) is 35.8 Å². The molecule has 0 saturated carbocycles. The van der Waals surface area contributed by atoms with Crippen LogP contribution < -0.4 is 10.1 Å². The molecule has 2 rings (SSSR count). The summed E-state index contributed by atoms with van der Waals surface area (Å²) in [5, 5.41) is 6.55. The molecule has 1 heterocycles. The van der Waals surface area contributed by atoms with E-state index < -0.39 is 0 Å². The normalized spacial score (nSPS) is 12.4. The number of thiazole rings is 1. The Bertz CT molecular complexity index is 456. The van der Waals surface area contributed by atoms with E-state index in [-0.39, 0.29) is 6.04 Å². The predicted octanol–water partition coefficient (Wildman–Crippen LogP) is 3.00. The molecule has 0 aliphatic carbocycles. The lowest BCUT2D eigenvalue weighted by Crippen LogP contribution is -2.17. The number of hydrogen-bond donors (Lipinski definition) is 1. The van der Waals surface area contributed by atoms with Crippen molar-refractivity contribution in [1.82, 2.24) is 10.3 Å². The Hall–Kier alpha value is -1.39. The number of benzene rings is 1. The number of rotatable bonds is 5. The molecule has 0 spiro atoms. The predicted molar refractivity (Wildman–Crippen MR) is 70.4 cm³/mol. The molecule has 0 radical (unpaired) electrons. The maximum absolute atomic E-state index is 5.22. The van der Waals surface area contributed by atoms with Crippen molar-refractivity contribution in [2.45, 2.75) is 19.5 Å². The van der Waals surface area contributed by atoms with Crippen LogP contribution in [0.25, 0.3) is 0 Å². The second-order valence-electron chi connectivity index (χ2n) is 3.81. The van der Waals surface area contributed by atoms with E-state index in [4.69, 9.17) is 4.74 Å². The van der Waals surface area contributed by atoms with Crippen molar-refractivity contribution < 1.29 is 4.74 Å². The third-order valence-corrected chi connectivity index (χ3v) is 3.42. The van der Waals surface area contributed by atoms with Crippen LogP contribution >= 0.6 is 11.3 Å². The molecule has 0 aliphatic rings.